The Morgan fingerprint density at radius 2 is 2.10 bits per heavy atom. The minimum atomic E-state index is -0.731. The van der Waals surface area contributed by atoms with Gasteiger partial charge in [-0.2, -0.15) is 0 Å². The smallest absolute Gasteiger partial charge is 0.303 e. The van der Waals surface area contributed by atoms with E-state index in [1.54, 1.807) is 0 Å². The van der Waals surface area contributed by atoms with Crippen LogP contribution in [0, 0.1) is 11.8 Å². The second kappa shape index (κ2) is 10.6. The minimum absolute atomic E-state index is 0.135. The van der Waals surface area contributed by atoms with Crippen LogP contribution in [0.5, 0.6) is 0 Å². The highest BCUT2D eigenvalue weighted by molar-refractivity contribution is 5.75. The molecule has 0 radical (unpaired) electrons. The van der Waals surface area contributed by atoms with E-state index in [1.807, 2.05) is 0 Å². The van der Waals surface area contributed by atoms with E-state index in [0.29, 0.717) is 31.2 Å². The van der Waals surface area contributed by atoms with Crippen molar-refractivity contribution in [2.75, 3.05) is 19.6 Å². The second-order valence-corrected chi connectivity index (χ2v) is 6.12. The molecule has 1 amide bonds. The SMILES string of the molecule is CCCC(CCNC(=O)CCC1CCNC1)CCC(=O)O. The van der Waals surface area contributed by atoms with E-state index in [9.17, 15) is 9.59 Å². The average Bonchev–Trinajstić information content (AvgIpc) is 2.95. The Morgan fingerprint density at radius 1 is 1.29 bits per heavy atom. The molecule has 0 aliphatic carbocycles. The van der Waals surface area contributed by atoms with Crippen molar-refractivity contribution in [3.8, 4) is 0 Å². The molecule has 1 heterocycles. The van der Waals surface area contributed by atoms with Crippen LogP contribution in [0.25, 0.3) is 0 Å². The van der Waals surface area contributed by atoms with Crippen LogP contribution in [0.4, 0.5) is 0 Å². The molecule has 1 rings (SSSR count). The van der Waals surface area contributed by atoms with Crippen LogP contribution in [-0.4, -0.2) is 36.6 Å². The highest BCUT2D eigenvalue weighted by Crippen LogP contribution is 2.17. The van der Waals surface area contributed by atoms with Gasteiger partial charge in [-0.1, -0.05) is 19.8 Å². The number of rotatable bonds is 11. The number of carbonyl (C=O) groups excluding carboxylic acids is 1. The third-order valence-corrected chi connectivity index (χ3v) is 4.28. The van der Waals surface area contributed by atoms with Gasteiger partial charge in [0.25, 0.3) is 0 Å². The number of nitrogens with one attached hydrogen (secondary N) is 2. The predicted molar refractivity (Wildman–Crippen MR) is 83.1 cm³/mol. The Bertz CT molecular complexity index is 315. The lowest BCUT2D eigenvalue weighted by Crippen LogP contribution is -2.26. The monoisotopic (exact) mass is 298 g/mol. The van der Waals surface area contributed by atoms with Crippen molar-refractivity contribution in [1.29, 1.82) is 0 Å². The van der Waals surface area contributed by atoms with Gasteiger partial charge in [0.2, 0.25) is 5.91 Å². The maximum absolute atomic E-state index is 11.8. The number of carboxylic acids is 1. The van der Waals surface area contributed by atoms with Crippen LogP contribution in [0.2, 0.25) is 0 Å². The summed E-state index contributed by atoms with van der Waals surface area (Å²) in [5.74, 6) is 0.463. The van der Waals surface area contributed by atoms with Crippen molar-refractivity contribution < 1.29 is 14.7 Å². The molecule has 2 atom stereocenters. The third kappa shape index (κ3) is 8.71. The van der Waals surface area contributed by atoms with Crippen LogP contribution >= 0.6 is 0 Å². The Hall–Kier alpha value is -1.10. The van der Waals surface area contributed by atoms with Gasteiger partial charge in [-0.25, -0.2) is 0 Å². The molecule has 0 bridgehead atoms. The summed E-state index contributed by atoms with van der Waals surface area (Å²) in [6.45, 7) is 4.91. The van der Waals surface area contributed by atoms with Gasteiger partial charge in [0.05, 0.1) is 0 Å². The number of hydrogen-bond acceptors (Lipinski definition) is 3. The zero-order valence-electron chi connectivity index (χ0n) is 13.2. The fourth-order valence-corrected chi connectivity index (χ4v) is 2.97. The lowest BCUT2D eigenvalue weighted by atomic mass is 9.94. The van der Waals surface area contributed by atoms with E-state index in [2.05, 4.69) is 17.6 Å². The summed E-state index contributed by atoms with van der Waals surface area (Å²) < 4.78 is 0. The Kier molecular flexibility index (Phi) is 9.06. The molecule has 1 aliphatic heterocycles. The first-order valence-corrected chi connectivity index (χ1v) is 8.31. The van der Waals surface area contributed by atoms with E-state index in [-0.39, 0.29) is 12.3 Å². The molecule has 5 heteroatoms. The fourth-order valence-electron chi connectivity index (χ4n) is 2.97. The number of carboxylic acid groups (broad SMARTS) is 1. The Balaban J connectivity index is 2.10. The topological polar surface area (TPSA) is 78.4 Å². The molecule has 5 nitrogen and oxygen atoms in total. The van der Waals surface area contributed by atoms with E-state index in [4.69, 9.17) is 5.11 Å². The van der Waals surface area contributed by atoms with Crippen LogP contribution in [0.1, 0.15) is 58.3 Å². The summed E-state index contributed by atoms with van der Waals surface area (Å²) in [6.07, 6.45) is 6.69. The summed E-state index contributed by atoms with van der Waals surface area (Å²) in [6, 6.07) is 0. The van der Waals surface area contributed by atoms with E-state index in [1.165, 1.54) is 6.42 Å². The van der Waals surface area contributed by atoms with Crippen molar-refractivity contribution in [2.24, 2.45) is 11.8 Å². The molecular weight excluding hydrogens is 268 g/mol. The first-order valence-electron chi connectivity index (χ1n) is 8.31. The van der Waals surface area contributed by atoms with Crippen molar-refractivity contribution in [2.45, 2.75) is 58.3 Å². The van der Waals surface area contributed by atoms with Gasteiger partial charge < -0.3 is 15.7 Å². The molecule has 0 saturated carbocycles. The van der Waals surface area contributed by atoms with Crippen LogP contribution < -0.4 is 10.6 Å². The Labute approximate surface area is 127 Å². The number of carbonyl (C=O) groups is 2. The molecule has 0 aromatic heterocycles. The normalized spacial score (nSPS) is 19.4. The van der Waals surface area contributed by atoms with E-state index in [0.717, 1.165) is 38.8 Å². The molecule has 122 valence electrons. The van der Waals surface area contributed by atoms with Crippen LogP contribution in [0.3, 0.4) is 0 Å². The van der Waals surface area contributed by atoms with Crippen molar-refractivity contribution in [3.05, 3.63) is 0 Å². The van der Waals surface area contributed by atoms with Gasteiger partial charge in [-0.05, 0) is 50.6 Å². The Morgan fingerprint density at radius 3 is 2.71 bits per heavy atom. The van der Waals surface area contributed by atoms with Crippen molar-refractivity contribution in [1.82, 2.24) is 10.6 Å². The molecule has 3 N–H and O–H groups in total. The first-order chi connectivity index (χ1) is 10.1. The molecule has 0 spiro atoms. The molecule has 2 unspecified atom stereocenters. The summed E-state index contributed by atoms with van der Waals surface area (Å²) in [4.78, 5) is 22.4. The van der Waals surface area contributed by atoms with Crippen molar-refractivity contribution in [3.63, 3.8) is 0 Å². The summed E-state index contributed by atoms with van der Waals surface area (Å²) in [5.41, 5.74) is 0. The van der Waals surface area contributed by atoms with Crippen molar-refractivity contribution >= 4 is 11.9 Å². The quantitative estimate of drug-likeness (QED) is 0.546. The van der Waals surface area contributed by atoms with Gasteiger partial charge in [-0.3, -0.25) is 9.59 Å². The molecule has 0 aromatic carbocycles. The van der Waals surface area contributed by atoms with Gasteiger partial charge in [-0.15, -0.1) is 0 Å². The maximum atomic E-state index is 11.8. The van der Waals surface area contributed by atoms with E-state index >= 15 is 0 Å². The third-order valence-electron chi connectivity index (χ3n) is 4.28. The standard InChI is InChI=1S/C16H30N2O3/c1-2-3-13(5-7-16(20)21)9-11-18-15(19)6-4-14-8-10-17-12-14/h13-14,17H,2-12H2,1H3,(H,18,19)(H,20,21). The van der Waals surface area contributed by atoms with E-state index < -0.39 is 5.97 Å². The highest BCUT2D eigenvalue weighted by Gasteiger charge is 2.16. The lowest BCUT2D eigenvalue weighted by Gasteiger charge is -2.15. The number of amides is 1. The van der Waals surface area contributed by atoms with Gasteiger partial charge in [0.1, 0.15) is 0 Å². The molecular formula is C16H30N2O3. The molecule has 0 aromatic rings. The number of hydrogen-bond donors (Lipinski definition) is 3. The summed E-state index contributed by atoms with van der Waals surface area (Å²) in [5, 5.41) is 15.0. The van der Waals surface area contributed by atoms with Gasteiger partial charge >= 0.3 is 5.97 Å². The summed E-state index contributed by atoms with van der Waals surface area (Å²) >= 11 is 0. The molecule has 21 heavy (non-hydrogen) atoms. The lowest BCUT2D eigenvalue weighted by molar-refractivity contribution is -0.137. The molecule has 1 saturated heterocycles. The van der Waals surface area contributed by atoms with Gasteiger partial charge in [0.15, 0.2) is 0 Å². The van der Waals surface area contributed by atoms with Gasteiger partial charge in [0, 0.05) is 19.4 Å². The maximum Gasteiger partial charge on any atom is 0.303 e. The zero-order chi connectivity index (χ0) is 15.5. The minimum Gasteiger partial charge on any atom is -0.481 e. The van der Waals surface area contributed by atoms with Crippen LogP contribution in [-0.2, 0) is 9.59 Å². The molecule has 1 aliphatic rings. The highest BCUT2D eigenvalue weighted by atomic mass is 16.4. The predicted octanol–water partition coefficient (Wildman–Crippen LogP) is 2.16. The average molecular weight is 298 g/mol. The van der Waals surface area contributed by atoms with Crippen LogP contribution in [0.15, 0.2) is 0 Å². The fraction of sp³-hybridized carbons (Fsp3) is 0.875. The summed E-state index contributed by atoms with van der Waals surface area (Å²) in [7, 11) is 0. The number of aliphatic carboxylic acids is 1. The largest absolute Gasteiger partial charge is 0.481 e. The zero-order valence-corrected chi connectivity index (χ0v) is 13.2. The second-order valence-electron chi connectivity index (χ2n) is 6.12. The first kappa shape index (κ1) is 18.0. The molecule has 1 fully saturated rings.